The lowest BCUT2D eigenvalue weighted by molar-refractivity contribution is -0.384. The fourth-order valence-electron chi connectivity index (χ4n) is 3.92. The van der Waals surface area contributed by atoms with Crippen LogP contribution in [0, 0.1) is 10.1 Å². The summed E-state index contributed by atoms with van der Waals surface area (Å²) in [5, 5.41) is 14.6. The standard InChI is InChI=1S/C25H28N4O5/c1-18(2)34-21-8-5-19(6-9-21)25(30)28-13-11-27(12-14-28)20-7-10-24(29(31)32)23(16-20)26-17-22-4-3-15-33-22/h3-10,15-16,18,26H,11-14,17H2,1-2H3. The molecule has 1 amide bonds. The molecule has 0 atom stereocenters. The third-order valence-electron chi connectivity index (χ3n) is 5.62. The van der Waals surface area contributed by atoms with Gasteiger partial charge in [-0.05, 0) is 62.4 Å². The quantitative estimate of drug-likeness (QED) is 0.385. The number of nitrogens with one attached hydrogen (secondary N) is 1. The summed E-state index contributed by atoms with van der Waals surface area (Å²) in [6.45, 7) is 6.67. The van der Waals surface area contributed by atoms with Crippen molar-refractivity contribution in [2.45, 2.75) is 26.5 Å². The topological polar surface area (TPSA) is 101 Å². The van der Waals surface area contributed by atoms with E-state index in [0.717, 1.165) is 11.4 Å². The molecule has 9 nitrogen and oxygen atoms in total. The summed E-state index contributed by atoms with van der Waals surface area (Å²) in [5.41, 5.74) is 1.94. The van der Waals surface area contributed by atoms with E-state index in [9.17, 15) is 14.9 Å². The Morgan fingerprint density at radius 3 is 2.47 bits per heavy atom. The number of amides is 1. The Hall–Kier alpha value is -4.01. The highest BCUT2D eigenvalue weighted by Gasteiger charge is 2.24. The molecule has 2 aromatic carbocycles. The first-order valence-electron chi connectivity index (χ1n) is 11.3. The zero-order valence-electron chi connectivity index (χ0n) is 19.3. The Labute approximate surface area is 198 Å². The molecule has 9 heteroatoms. The third-order valence-corrected chi connectivity index (χ3v) is 5.62. The van der Waals surface area contributed by atoms with E-state index in [0.29, 0.717) is 49.7 Å². The van der Waals surface area contributed by atoms with Gasteiger partial charge in [-0.1, -0.05) is 0 Å². The Kier molecular flexibility index (Phi) is 7.01. The number of nitrogens with zero attached hydrogens (tertiary/aromatic N) is 3. The molecule has 3 aromatic rings. The zero-order valence-corrected chi connectivity index (χ0v) is 19.3. The van der Waals surface area contributed by atoms with E-state index in [2.05, 4.69) is 10.2 Å². The molecule has 0 spiro atoms. The molecule has 0 radical (unpaired) electrons. The zero-order chi connectivity index (χ0) is 24.1. The molecular formula is C25H28N4O5. The maximum Gasteiger partial charge on any atom is 0.292 e. The summed E-state index contributed by atoms with van der Waals surface area (Å²) in [6, 6.07) is 15.8. The molecule has 0 unspecified atom stereocenters. The predicted octanol–water partition coefficient (Wildman–Crippen LogP) is 4.55. The lowest BCUT2D eigenvalue weighted by Gasteiger charge is -2.36. The van der Waals surface area contributed by atoms with Gasteiger partial charge in [0, 0.05) is 43.5 Å². The number of nitro groups is 1. The highest BCUT2D eigenvalue weighted by molar-refractivity contribution is 5.94. The molecule has 0 aliphatic carbocycles. The molecule has 1 aliphatic rings. The molecular weight excluding hydrogens is 436 g/mol. The van der Waals surface area contributed by atoms with Crippen LogP contribution < -0.4 is 15.0 Å². The maximum atomic E-state index is 12.9. The summed E-state index contributed by atoms with van der Waals surface area (Å²) in [7, 11) is 0. The molecule has 1 aromatic heterocycles. The van der Waals surface area contributed by atoms with Crippen LogP contribution in [0.5, 0.6) is 5.75 Å². The van der Waals surface area contributed by atoms with E-state index in [-0.39, 0.29) is 17.7 Å². The number of furan rings is 1. The van der Waals surface area contributed by atoms with Crippen LogP contribution in [0.25, 0.3) is 0 Å². The van der Waals surface area contributed by atoms with E-state index in [1.165, 1.54) is 6.07 Å². The van der Waals surface area contributed by atoms with Gasteiger partial charge in [0.2, 0.25) is 0 Å². The van der Waals surface area contributed by atoms with Crippen molar-refractivity contribution in [1.82, 2.24) is 4.90 Å². The summed E-state index contributed by atoms with van der Waals surface area (Å²) in [5.74, 6) is 1.42. The van der Waals surface area contributed by atoms with Gasteiger partial charge in [-0.3, -0.25) is 14.9 Å². The van der Waals surface area contributed by atoms with Gasteiger partial charge >= 0.3 is 0 Å². The molecule has 34 heavy (non-hydrogen) atoms. The second-order valence-corrected chi connectivity index (χ2v) is 8.36. The number of carbonyl (C=O) groups excluding carboxylic acids is 1. The fraction of sp³-hybridized carbons (Fsp3) is 0.320. The lowest BCUT2D eigenvalue weighted by Crippen LogP contribution is -2.48. The van der Waals surface area contributed by atoms with Gasteiger partial charge in [0.1, 0.15) is 17.2 Å². The van der Waals surface area contributed by atoms with E-state index in [4.69, 9.17) is 9.15 Å². The molecule has 1 fully saturated rings. The molecule has 2 heterocycles. The van der Waals surface area contributed by atoms with E-state index < -0.39 is 4.92 Å². The monoisotopic (exact) mass is 464 g/mol. The molecule has 4 rings (SSSR count). The predicted molar refractivity (Wildman–Crippen MR) is 129 cm³/mol. The van der Waals surface area contributed by atoms with Gasteiger partial charge in [0.25, 0.3) is 11.6 Å². The largest absolute Gasteiger partial charge is 0.491 e. The highest BCUT2D eigenvalue weighted by Crippen LogP contribution is 2.31. The number of hydrogen-bond acceptors (Lipinski definition) is 7. The Morgan fingerprint density at radius 2 is 1.85 bits per heavy atom. The number of ether oxygens (including phenoxy) is 1. The molecule has 1 aliphatic heterocycles. The van der Waals surface area contributed by atoms with Crippen LogP contribution >= 0.6 is 0 Å². The molecule has 0 saturated carbocycles. The van der Waals surface area contributed by atoms with Crippen molar-refractivity contribution in [3.63, 3.8) is 0 Å². The fourth-order valence-corrected chi connectivity index (χ4v) is 3.92. The number of hydrogen-bond donors (Lipinski definition) is 1. The van der Waals surface area contributed by atoms with Crippen LogP contribution in [0.1, 0.15) is 30.0 Å². The average Bonchev–Trinajstić information content (AvgIpc) is 3.36. The van der Waals surface area contributed by atoms with Crippen LogP contribution in [-0.4, -0.2) is 48.0 Å². The minimum Gasteiger partial charge on any atom is -0.491 e. The second kappa shape index (κ2) is 10.3. The van der Waals surface area contributed by atoms with Crippen molar-refractivity contribution in [2.24, 2.45) is 0 Å². The third kappa shape index (κ3) is 5.48. The van der Waals surface area contributed by atoms with Crippen LogP contribution in [0.3, 0.4) is 0 Å². The van der Waals surface area contributed by atoms with Crippen LogP contribution in [0.4, 0.5) is 17.1 Å². The van der Waals surface area contributed by atoms with E-state index in [1.54, 1.807) is 36.6 Å². The molecule has 0 bridgehead atoms. The summed E-state index contributed by atoms with van der Waals surface area (Å²) < 4.78 is 11.0. The highest BCUT2D eigenvalue weighted by atomic mass is 16.6. The second-order valence-electron chi connectivity index (χ2n) is 8.36. The first-order valence-corrected chi connectivity index (χ1v) is 11.3. The summed E-state index contributed by atoms with van der Waals surface area (Å²) >= 11 is 0. The van der Waals surface area contributed by atoms with Crippen LogP contribution in [0.2, 0.25) is 0 Å². The average molecular weight is 465 g/mol. The Balaban J connectivity index is 1.39. The maximum absolute atomic E-state index is 12.9. The van der Waals surface area contributed by atoms with Gasteiger partial charge in [-0.25, -0.2) is 0 Å². The van der Waals surface area contributed by atoms with Gasteiger partial charge in [-0.2, -0.15) is 0 Å². The van der Waals surface area contributed by atoms with Crippen molar-refractivity contribution in [1.29, 1.82) is 0 Å². The number of benzene rings is 2. The normalized spacial score (nSPS) is 13.7. The Bertz CT molecular complexity index is 1120. The first kappa shape index (κ1) is 23.2. The summed E-state index contributed by atoms with van der Waals surface area (Å²) in [4.78, 5) is 28.0. The van der Waals surface area contributed by atoms with E-state index in [1.807, 2.05) is 36.9 Å². The number of piperazine rings is 1. The van der Waals surface area contributed by atoms with Crippen LogP contribution in [0.15, 0.2) is 65.3 Å². The van der Waals surface area contributed by atoms with Crippen LogP contribution in [-0.2, 0) is 6.54 Å². The van der Waals surface area contributed by atoms with Gasteiger partial charge < -0.3 is 24.3 Å². The van der Waals surface area contributed by atoms with Crippen molar-refractivity contribution < 1.29 is 18.9 Å². The SMILES string of the molecule is CC(C)Oc1ccc(C(=O)N2CCN(c3ccc([N+](=O)[O-])c(NCc4ccco4)c3)CC2)cc1. The number of rotatable bonds is 8. The molecule has 1 N–H and O–H groups in total. The number of anilines is 2. The van der Waals surface area contributed by atoms with Crippen molar-refractivity contribution >= 4 is 23.0 Å². The molecule has 1 saturated heterocycles. The van der Waals surface area contributed by atoms with Gasteiger partial charge in [0.05, 0.1) is 23.8 Å². The van der Waals surface area contributed by atoms with Crippen molar-refractivity contribution in [2.75, 3.05) is 36.4 Å². The van der Waals surface area contributed by atoms with Gasteiger partial charge in [0.15, 0.2) is 0 Å². The molecule has 178 valence electrons. The van der Waals surface area contributed by atoms with E-state index >= 15 is 0 Å². The number of nitro benzene ring substituents is 1. The lowest BCUT2D eigenvalue weighted by atomic mass is 10.1. The Morgan fingerprint density at radius 1 is 1.12 bits per heavy atom. The minimum absolute atomic E-state index is 0.00835. The van der Waals surface area contributed by atoms with Crippen molar-refractivity contribution in [3.8, 4) is 5.75 Å². The number of carbonyl (C=O) groups is 1. The van der Waals surface area contributed by atoms with Gasteiger partial charge in [-0.15, -0.1) is 0 Å². The first-order chi connectivity index (χ1) is 16.4. The van der Waals surface area contributed by atoms with Crippen molar-refractivity contribution in [3.05, 3.63) is 82.3 Å². The summed E-state index contributed by atoms with van der Waals surface area (Å²) in [6.07, 6.45) is 1.64. The minimum atomic E-state index is -0.400. The smallest absolute Gasteiger partial charge is 0.292 e.